The van der Waals surface area contributed by atoms with Crippen molar-refractivity contribution >= 4 is 17.5 Å². The number of hydrogen-bond acceptors (Lipinski definition) is 3. The van der Waals surface area contributed by atoms with E-state index in [2.05, 4.69) is 10.6 Å². The number of nitrogens with one attached hydrogen (secondary N) is 2. The summed E-state index contributed by atoms with van der Waals surface area (Å²) >= 11 is 0. The maximum absolute atomic E-state index is 12.4. The van der Waals surface area contributed by atoms with Gasteiger partial charge in [0.05, 0.1) is 12.3 Å². The molecule has 126 valence electrons. The molecule has 0 atom stereocenters. The summed E-state index contributed by atoms with van der Waals surface area (Å²) in [5, 5.41) is 5.64. The Morgan fingerprint density at radius 1 is 0.958 bits per heavy atom. The fraction of sp³-hybridized carbons (Fsp3) is 0.263. The van der Waals surface area contributed by atoms with Crippen LogP contribution in [0.25, 0.3) is 0 Å². The Bertz CT molecular complexity index is 709. The van der Waals surface area contributed by atoms with E-state index < -0.39 is 0 Å². The number of carbonyl (C=O) groups excluding carboxylic acids is 2. The quantitative estimate of drug-likeness (QED) is 0.854. The molecule has 2 amide bonds. The first-order valence-electron chi connectivity index (χ1n) is 7.95. The van der Waals surface area contributed by atoms with Crippen molar-refractivity contribution in [3.8, 4) is 5.75 Å². The minimum absolute atomic E-state index is 0.0653. The van der Waals surface area contributed by atoms with Crippen molar-refractivity contribution in [3.63, 3.8) is 0 Å². The van der Waals surface area contributed by atoms with Gasteiger partial charge in [-0.15, -0.1) is 0 Å². The monoisotopic (exact) mass is 326 g/mol. The highest BCUT2D eigenvalue weighted by Crippen LogP contribution is 2.24. The van der Waals surface area contributed by atoms with Gasteiger partial charge in [-0.25, -0.2) is 0 Å². The molecule has 0 bridgehead atoms. The van der Waals surface area contributed by atoms with Crippen LogP contribution in [0, 0.1) is 0 Å². The molecule has 0 aromatic heterocycles. The third-order valence-corrected chi connectivity index (χ3v) is 3.26. The Morgan fingerprint density at radius 3 is 2.12 bits per heavy atom. The average Bonchev–Trinajstić information content (AvgIpc) is 2.56. The van der Waals surface area contributed by atoms with Crippen LogP contribution in [0.5, 0.6) is 5.75 Å². The molecule has 2 N–H and O–H groups in total. The van der Waals surface area contributed by atoms with Crippen LogP contribution in [0.2, 0.25) is 0 Å². The van der Waals surface area contributed by atoms with Gasteiger partial charge in [0.25, 0.3) is 11.8 Å². The topological polar surface area (TPSA) is 67.4 Å². The third-order valence-electron chi connectivity index (χ3n) is 3.26. The zero-order valence-electron chi connectivity index (χ0n) is 14.1. The molecule has 0 saturated carbocycles. The second-order valence-corrected chi connectivity index (χ2v) is 5.59. The normalized spacial score (nSPS) is 10.3. The Labute approximate surface area is 142 Å². The number of carbonyl (C=O) groups is 2. The zero-order chi connectivity index (χ0) is 17.5. The van der Waals surface area contributed by atoms with E-state index in [0.29, 0.717) is 29.2 Å². The number of ether oxygens (including phenoxy) is 1. The molecule has 5 nitrogen and oxygen atoms in total. The van der Waals surface area contributed by atoms with Crippen molar-refractivity contribution in [2.45, 2.75) is 26.8 Å². The molecule has 0 unspecified atom stereocenters. The van der Waals surface area contributed by atoms with E-state index in [0.717, 1.165) is 0 Å². The van der Waals surface area contributed by atoms with E-state index in [-0.39, 0.29) is 17.9 Å². The lowest BCUT2D eigenvalue weighted by Gasteiger charge is -2.12. The summed E-state index contributed by atoms with van der Waals surface area (Å²) in [4.78, 5) is 24.3. The molecule has 0 radical (unpaired) electrons. The minimum atomic E-state index is -0.252. The Kier molecular flexibility index (Phi) is 5.95. The first kappa shape index (κ1) is 17.5. The van der Waals surface area contributed by atoms with Gasteiger partial charge >= 0.3 is 0 Å². The van der Waals surface area contributed by atoms with Crippen LogP contribution in [-0.2, 0) is 0 Å². The lowest BCUT2D eigenvalue weighted by atomic mass is 10.1. The number of anilines is 1. The second kappa shape index (κ2) is 8.15. The summed E-state index contributed by atoms with van der Waals surface area (Å²) in [6.45, 7) is 6.21. The first-order chi connectivity index (χ1) is 11.5. The molecule has 2 aromatic rings. The largest absolute Gasteiger partial charge is 0.492 e. The summed E-state index contributed by atoms with van der Waals surface area (Å²) in [5.74, 6) is 0.220. The minimum Gasteiger partial charge on any atom is -0.492 e. The van der Waals surface area contributed by atoms with Crippen LogP contribution < -0.4 is 15.4 Å². The molecule has 0 aliphatic rings. The number of hydrogen-bond donors (Lipinski definition) is 2. The van der Waals surface area contributed by atoms with Gasteiger partial charge in [0, 0.05) is 17.2 Å². The van der Waals surface area contributed by atoms with Crippen LogP contribution in [0.3, 0.4) is 0 Å². The second-order valence-electron chi connectivity index (χ2n) is 5.59. The van der Waals surface area contributed by atoms with Crippen LogP contribution >= 0.6 is 0 Å². The molecular weight excluding hydrogens is 304 g/mol. The average molecular weight is 326 g/mol. The Balaban J connectivity index is 2.09. The number of rotatable bonds is 6. The van der Waals surface area contributed by atoms with E-state index in [1.54, 1.807) is 36.4 Å². The van der Waals surface area contributed by atoms with Gasteiger partial charge in [-0.1, -0.05) is 12.1 Å². The summed E-state index contributed by atoms with van der Waals surface area (Å²) in [6, 6.07) is 13.9. The van der Waals surface area contributed by atoms with Crippen molar-refractivity contribution in [2.24, 2.45) is 0 Å². The van der Waals surface area contributed by atoms with Gasteiger partial charge in [-0.3, -0.25) is 9.59 Å². The maximum atomic E-state index is 12.4. The lowest BCUT2D eigenvalue weighted by Crippen LogP contribution is -2.30. The fourth-order valence-corrected chi connectivity index (χ4v) is 2.16. The summed E-state index contributed by atoms with van der Waals surface area (Å²) in [6.07, 6.45) is 0. The van der Waals surface area contributed by atoms with Crippen molar-refractivity contribution in [1.82, 2.24) is 5.32 Å². The predicted molar refractivity (Wildman–Crippen MR) is 94.6 cm³/mol. The maximum Gasteiger partial charge on any atom is 0.255 e. The van der Waals surface area contributed by atoms with Crippen LogP contribution in [0.1, 0.15) is 41.5 Å². The SMILES string of the molecule is CCOc1ccccc1NC(=O)c1ccc(C(=O)NC(C)C)cc1. The van der Waals surface area contributed by atoms with E-state index in [1.165, 1.54) is 0 Å². The van der Waals surface area contributed by atoms with E-state index in [1.807, 2.05) is 32.9 Å². The van der Waals surface area contributed by atoms with E-state index in [9.17, 15) is 9.59 Å². The van der Waals surface area contributed by atoms with E-state index in [4.69, 9.17) is 4.74 Å². The molecule has 24 heavy (non-hydrogen) atoms. The van der Waals surface area contributed by atoms with Crippen LogP contribution in [0.4, 0.5) is 5.69 Å². The van der Waals surface area contributed by atoms with Gasteiger partial charge in [0.1, 0.15) is 5.75 Å². The molecule has 0 heterocycles. The molecule has 2 aromatic carbocycles. The van der Waals surface area contributed by atoms with Crippen molar-refractivity contribution < 1.29 is 14.3 Å². The molecule has 5 heteroatoms. The zero-order valence-corrected chi connectivity index (χ0v) is 14.1. The first-order valence-corrected chi connectivity index (χ1v) is 7.95. The Morgan fingerprint density at radius 2 is 1.54 bits per heavy atom. The highest BCUT2D eigenvalue weighted by Gasteiger charge is 2.11. The van der Waals surface area contributed by atoms with Crippen LogP contribution in [-0.4, -0.2) is 24.5 Å². The standard InChI is InChI=1S/C19H22N2O3/c1-4-24-17-8-6-5-7-16(17)21-19(23)15-11-9-14(10-12-15)18(22)20-13(2)3/h5-13H,4H2,1-3H3,(H,20,22)(H,21,23). The van der Waals surface area contributed by atoms with Gasteiger partial charge in [0.2, 0.25) is 0 Å². The summed E-state index contributed by atoms with van der Waals surface area (Å²) in [7, 11) is 0. The van der Waals surface area contributed by atoms with Gasteiger partial charge < -0.3 is 15.4 Å². The smallest absolute Gasteiger partial charge is 0.255 e. The number of benzene rings is 2. The van der Waals surface area contributed by atoms with Crippen molar-refractivity contribution in [1.29, 1.82) is 0 Å². The van der Waals surface area contributed by atoms with E-state index >= 15 is 0 Å². The molecule has 0 spiro atoms. The molecule has 0 fully saturated rings. The Hall–Kier alpha value is -2.82. The lowest BCUT2D eigenvalue weighted by molar-refractivity contribution is 0.0941. The van der Waals surface area contributed by atoms with Crippen molar-refractivity contribution in [3.05, 3.63) is 59.7 Å². The van der Waals surface area contributed by atoms with Crippen LogP contribution in [0.15, 0.2) is 48.5 Å². The number of amides is 2. The fourth-order valence-electron chi connectivity index (χ4n) is 2.16. The van der Waals surface area contributed by atoms with Gasteiger partial charge in [-0.05, 0) is 57.2 Å². The predicted octanol–water partition coefficient (Wildman–Crippen LogP) is 3.48. The van der Waals surface area contributed by atoms with Gasteiger partial charge in [0.15, 0.2) is 0 Å². The number of para-hydroxylation sites is 2. The van der Waals surface area contributed by atoms with Crippen molar-refractivity contribution in [2.75, 3.05) is 11.9 Å². The summed E-state index contributed by atoms with van der Waals surface area (Å²) < 4.78 is 5.49. The molecule has 0 aliphatic carbocycles. The molecule has 2 rings (SSSR count). The summed E-state index contributed by atoms with van der Waals surface area (Å²) in [5.41, 5.74) is 1.61. The molecular formula is C19H22N2O3. The highest BCUT2D eigenvalue weighted by atomic mass is 16.5. The molecule has 0 saturated heterocycles. The van der Waals surface area contributed by atoms with Gasteiger partial charge in [-0.2, -0.15) is 0 Å². The third kappa shape index (κ3) is 4.59. The highest BCUT2D eigenvalue weighted by molar-refractivity contribution is 6.05. The molecule has 0 aliphatic heterocycles.